The number of hydrogen-bond donors (Lipinski definition) is 1. The lowest BCUT2D eigenvalue weighted by molar-refractivity contribution is -0.394. The summed E-state index contributed by atoms with van der Waals surface area (Å²) in [6.45, 7) is 1.94. The first-order chi connectivity index (χ1) is 17.8. The molecular weight excluding hydrogens is 484 g/mol. The molecule has 12 nitrogen and oxygen atoms in total. The van der Waals surface area contributed by atoms with Crippen molar-refractivity contribution < 1.29 is 28.9 Å². The first kappa shape index (κ1) is 26.5. The third-order valence-corrected chi connectivity index (χ3v) is 4.92. The number of nitrogens with one attached hydrogen (secondary N) is 1. The van der Waals surface area contributed by atoms with Gasteiger partial charge in [0.1, 0.15) is 0 Å². The summed E-state index contributed by atoms with van der Waals surface area (Å²) in [5.41, 5.74) is 2.39. The lowest BCUT2D eigenvalue weighted by atomic mass is 10.1. The van der Waals surface area contributed by atoms with E-state index in [1.165, 1.54) is 18.3 Å². The minimum atomic E-state index is -1.04. The topological polar surface area (TPSA) is 163 Å². The molecule has 0 heterocycles. The fraction of sp³-hybridized carbons (Fsp3) is 0.160. The van der Waals surface area contributed by atoms with Crippen molar-refractivity contribution in [2.24, 2.45) is 5.10 Å². The molecule has 3 aromatic rings. The van der Waals surface area contributed by atoms with Crippen molar-refractivity contribution in [1.29, 1.82) is 0 Å². The van der Waals surface area contributed by atoms with Gasteiger partial charge in [-0.3, -0.25) is 25.0 Å². The fourth-order valence-electron chi connectivity index (χ4n) is 3.18. The first-order valence-corrected chi connectivity index (χ1v) is 11.1. The van der Waals surface area contributed by atoms with Crippen LogP contribution in [0.5, 0.6) is 11.5 Å². The number of hydrogen-bond acceptors (Lipinski definition) is 9. The van der Waals surface area contributed by atoms with Crippen LogP contribution in [0.4, 0.5) is 11.4 Å². The molecule has 0 spiro atoms. The molecule has 0 saturated heterocycles. The molecule has 0 aromatic heterocycles. The van der Waals surface area contributed by atoms with Crippen LogP contribution in [0.3, 0.4) is 0 Å². The lowest BCUT2D eigenvalue weighted by Crippen LogP contribution is -2.17. The van der Waals surface area contributed by atoms with Gasteiger partial charge < -0.3 is 9.47 Å². The van der Waals surface area contributed by atoms with Gasteiger partial charge in [-0.1, -0.05) is 30.3 Å². The number of nitrogens with zero attached hydrogens (tertiary/aromatic N) is 3. The van der Waals surface area contributed by atoms with Gasteiger partial charge in [-0.15, -0.1) is 0 Å². The SMILES string of the molecule is CCOc1cc(/C=N/NC(=O)CCc2ccccc2)ccc1OC(=O)c1cc([N+](=O)[O-])cc([N+](=O)[O-])c1. The Morgan fingerprint density at radius 1 is 0.946 bits per heavy atom. The van der Waals surface area contributed by atoms with E-state index >= 15 is 0 Å². The maximum absolute atomic E-state index is 12.6. The number of ether oxygens (including phenoxy) is 2. The molecule has 12 heteroatoms. The van der Waals surface area contributed by atoms with Gasteiger partial charge in [-0.2, -0.15) is 5.10 Å². The summed E-state index contributed by atoms with van der Waals surface area (Å²) >= 11 is 0. The van der Waals surface area contributed by atoms with Gasteiger partial charge in [0.05, 0.1) is 34.3 Å². The highest BCUT2D eigenvalue weighted by Crippen LogP contribution is 2.30. The van der Waals surface area contributed by atoms with Crippen molar-refractivity contribution in [1.82, 2.24) is 5.43 Å². The van der Waals surface area contributed by atoms with Gasteiger partial charge in [0.2, 0.25) is 5.91 Å². The number of carbonyl (C=O) groups is 2. The second-order valence-electron chi connectivity index (χ2n) is 7.56. The smallest absolute Gasteiger partial charge is 0.344 e. The molecule has 0 atom stereocenters. The van der Waals surface area contributed by atoms with E-state index in [0.717, 1.165) is 23.8 Å². The minimum absolute atomic E-state index is 0.00921. The molecule has 0 bridgehead atoms. The average molecular weight is 506 g/mol. The van der Waals surface area contributed by atoms with Crippen LogP contribution < -0.4 is 14.9 Å². The predicted octanol–water partition coefficient (Wildman–Crippen LogP) is 4.20. The second kappa shape index (κ2) is 12.5. The van der Waals surface area contributed by atoms with Crippen molar-refractivity contribution in [2.45, 2.75) is 19.8 Å². The summed E-state index contributed by atoms with van der Waals surface area (Å²) in [4.78, 5) is 45.1. The minimum Gasteiger partial charge on any atom is -0.490 e. The molecule has 1 N–H and O–H groups in total. The molecule has 190 valence electrons. The highest BCUT2D eigenvalue weighted by atomic mass is 16.6. The Kier molecular flexibility index (Phi) is 8.97. The highest BCUT2D eigenvalue weighted by molar-refractivity contribution is 5.93. The summed E-state index contributed by atoms with van der Waals surface area (Å²) in [6.07, 6.45) is 2.22. The number of esters is 1. The molecule has 0 saturated carbocycles. The number of amides is 1. The highest BCUT2D eigenvalue weighted by Gasteiger charge is 2.22. The van der Waals surface area contributed by atoms with Crippen molar-refractivity contribution in [3.63, 3.8) is 0 Å². The molecule has 0 unspecified atom stereocenters. The Morgan fingerprint density at radius 2 is 1.62 bits per heavy atom. The van der Waals surface area contributed by atoms with Gasteiger partial charge in [-0.05, 0) is 42.7 Å². The van der Waals surface area contributed by atoms with E-state index in [2.05, 4.69) is 10.5 Å². The second-order valence-corrected chi connectivity index (χ2v) is 7.56. The summed E-state index contributed by atoms with van der Waals surface area (Å²) < 4.78 is 10.8. The van der Waals surface area contributed by atoms with Crippen molar-refractivity contribution in [2.75, 3.05) is 6.61 Å². The molecule has 0 aliphatic rings. The van der Waals surface area contributed by atoms with Gasteiger partial charge in [0.15, 0.2) is 11.5 Å². The van der Waals surface area contributed by atoms with Crippen LogP contribution in [0.15, 0.2) is 71.8 Å². The van der Waals surface area contributed by atoms with E-state index in [9.17, 15) is 29.8 Å². The molecule has 3 rings (SSSR count). The van der Waals surface area contributed by atoms with Gasteiger partial charge in [0.25, 0.3) is 11.4 Å². The Bertz CT molecular complexity index is 1310. The van der Waals surface area contributed by atoms with Crippen LogP contribution in [0.25, 0.3) is 0 Å². The standard InChI is InChI=1S/C25H22N4O8/c1-2-36-23-12-18(16-26-27-24(30)11-9-17-6-4-3-5-7-17)8-10-22(23)37-25(31)19-13-20(28(32)33)15-21(14-19)29(34)35/h3-8,10,12-16H,2,9,11H2,1H3,(H,27,30)/b26-16+. The molecule has 37 heavy (non-hydrogen) atoms. The van der Waals surface area contributed by atoms with Crippen LogP contribution >= 0.6 is 0 Å². The van der Waals surface area contributed by atoms with Crippen LogP contribution in [-0.2, 0) is 11.2 Å². The van der Waals surface area contributed by atoms with Gasteiger partial charge >= 0.3 is 5.97 Å². The summed E-state index contributed by atoms with van der Waals surface area (Å²) in [7, 11) is 0. The Morgan fingerprint density at radius 3 is 2.24 bits per heavy atom. The van der Waals surface area contributed by atoms with Gasteiger partial charge in [0, 0.05) is 18.6 Å². The maximum atomic E-state index is 12.6. The molecule has 3 aromatic carbocycles. The zero-order chi connectivity index (χ0) is 26.8. The van der Waals surface area contributed by atoms with Crippen LogP contribution in [0.2, 0.25) is 0 Å². The van der Waals surface area contributed by atoms with E-state index < -0.39 is 27.2 Å². The number of aryl methyl sites for hydroxylation is 1. The molecule has 0 radical (unpaired) electrons. The van der Waals surface area contributed by atoms with Crippen molar-refractivity contribution in [3.05, 3.63) is 104 Å². The maximum Gasteiger partial charge on any atom is 0.344 e. The Balaban J connectivity index is 1.69. The summed E-state index contributed by atoms with van der Waals surface area (Å²) in [5.74, 6) is -1.15. The number of nitro benzene ring substituents is 2. The summed E-state index contributed by atoms with van der Waals surface area (Å²) in [6, 6.07) is 16.5. The lowest BCUT2D eigenvalue weighted by Gasteiger charge is -2.11. The first-order valence-electron chi connectivity index (χ1n) is 11.1. The Labute approximate surface area is 210 Å². The largest absolute Gasteiger partial charge is 0.490 e. The van der Waals surface area contributed by atoms with Crippen molar-refractivity contribution in [3.8, 4) is 11.5 Å². The van der Waals surface area contributed by atoms with Crippen molar-refractivity contribution >= 4 is 29.5 Å². The molecule has 0 aliphatic carbocycles. The van der Waals surface area contributed by atoms with E-state index in [-0.39, 0.29) is 36.0 Å². The number of benzene rings is 3. The molecule has 0 aliphatic heterocycles. The van der Waals surface area contributed by atoms with Crippen LogP contribution in [0.1, 0.15) is 34.8 Å². The van der Waals surface area contributed by atoms with Gasteiger partial charge in [-0.25, -0.2) is 10.2 Å². The number of hydrazone groups is 1. The van der Waals surface area contributed by atoms with Crippen LogP contribution in [0, 0.1) is 20.2 Å². The molecule has 1 amide bonds. The van der Waals surface area contributed by atoms with E-state index in [1.54, 1.807) is 13.0 Å². The fourth-order valence-corrected chi connectivity index (χ4v) is 3.18. The number of carbonyl (C=O) groups excluding carboxylic acids is 2. The molecular formula is C25H22N4O8. The van der Waals surface area contributed by atoms with Crippen LogP contribution in [-0.4, -0.2) is 34.5 Å². The average Bonchev–Trinajstić information content (AvgIpc) is 2.89. The van der Waals surface area contributed by atoms with E-state index in [0.29, 0.717) is 12.0 Å². The quantitative estimate of drug-likeness (QED) is 0.133. The number of nitro groups is 2. The number of non-ortho nitro benzene ring substituents is 2. The van der Waals surface area contributed by atoms with E-state index in [1.807, 2.05) is 30.3 Å². The third kappa shape index (κ3) is 7.68. The monoisotopic (exact) mass is 506 g/mol. The zero-order valence-corrected chi connectivity index (χ0v) is 19.7. The third-order valence-electron chi connectivity index (χ3n) is 4.92. The predicted molar refractivity (Wildman–Crippen MR) is 133 cm³/mol. The number of rotatable bonds is 11. The molecule has 0 fully saturated rings. The Hall–Kier alpha value is -5.13. The zero-order valence-electron chi connectivity index (χ0n) is 19.7. The van der Waals surface area contributed by atoms with E-state index in [4.69, 9.17) is 9.47 Å². The summed E-state index contributed by atoms with van der Waals surface area (Å²) in [5, 5.41) is 26.1. The normalized spacial score (nSPS) is 10.6.